The summed E-state index contributed by atoms with van der Waals surface area (Å²) in [6.07, 6.45) is 4.42. The molecule has 23 heavy (non-hydrogen) atoms. The number of nitrogens with zero attached hydrogens (tertiary/aromatic N) is 2. The van der Waals surface area contributed by atoms with E-state index in [2.05, 4.69) is 9.97 Å². The van der Waals surface area contributed by atoms with Gasteiger partial charge in [0.1, 0.15) is 17.3 Å². The van der Waals surface area contributed by atoms with Crippen LogP contribution >= 0.6 is 0 Å². The molecule has 0 saturated heterocycles. The van der Waals surface area contributed by atoms with E-state index in [1.165, 1.54) is 5.56 Å². The second-order valence-corrected chi connectivity index (χ2v) is 6.05. The number of fused-ring (bicyclic) bond motifs is 1. The van der Waals surface area contributed by atoms with E-state index in [1.807, 2.05) is 37.3 Å². The third kappa shape index (κ3) is 2.65. The topological polar surface area (TPSA) is 38.9 Å². The van der Waals surface area contributed by atoms with Crippen molar-refractivity contribution in [2.24, 2.45) is 0 Å². The first-order valence-corrected chi connectivity index (χ1v) is 7.87. The molecule has 3 nitrogen and oxygen atoms in total. The van der Waals surface area contributed by atoms with Gasteiger partial charge < -0.3 is 4.42 Å². The van der Waals surface area contributed by atoms with Crippen LogP contribution in [0.1, 0.15) is 34.9 Å². The molecule has 1 aliphatic rings. The molecule has 2 heterocycles. The molecule has 4 rings (SSSR count). The summed E-state index contributed by atoms with van der Waals surface area (Å²) in [5.74, 6) is 1.76. The molecule has 1 unspecified atom stereocenters. The van der Waals surface area contributed by atoms with Crippen LogP contribution in [0.4, 0.5) is 4.39 Å². The highest BCUT2D eigenvalue weighted by atomic mass is 19.1. The lowest BCUT2D eigenvalue weighted by atomic mass is 9.84. The fraction of sp³-hybridized carbons (Fsp3) is 0.263. The van der Waals surface area contributed by atoms with Gasteiger partial charge in [-0.3, -0.25) is 4.98 Å². The van der Waals surface area contributed by atoms with Gasteiger partial charge in [-0.1, -0.05) is 18.2 Å². The predicted molar refractivity (Wildman–Crippen MR) is 85.6 cm³/mol. The monoisotopic (exact) mass is 308 g/mol. The average Bonchev–Trinajstić information content (AvgIpc) is 3.01. The number of hydrogen-bond acceptors (Lipinski definition) is 3. The quantitative estimate of drug-likeness (QED) is 0.702. The Morgan fingerprint density at radius 3 is 2.91 bits per heavy atom. The maximum Gasteiger partial charge on any atom is 0.245 e. The number of halogens is 1. The molecule has 1 aromatic carbocycles. The lowest BCUT2D eigenvalue weighted by Crippen LogP contribution is -2.12. The molecule has 0 radical (unpaired) electrons. The second-order valence-electron chi connectivity index (χ2n) is 6.05. The van der Waals surface area contributed by atoms with Crippen molar-refractivity contribution < 1.29 is 8.81 Å². The molecule has 2 aromatic heterocycles. The predicted octanol–water partition coefficient (Wildman–Crippen LogP) is 4.46. The van der Waals surface area contributed by atoms with Gasteiger partial charge in [-0.2, -0.15) is 0 Å². The largest absolute Gasteiger partial charge is 0.440 e. The van der Waals surface area contributed by atoms with E-state index < -0.39 is 0 Å². The van der Waals surface area contributed by atoms with E-state index in [1.54, 1.807) is 12.3 Å². The number of rotatable bonds is 2. The van der Waals surface area contributed by atoms with E-state index in [0.29, 0.717) is 17.4 Å². The zero-order chi connectivity index (χ0) is 15.8. The van der Waals surface area contributed by atoms with E-state index in [9.17, 15) is 4.39 Å². The molecule has 0 saturated carbocycles. The molecule has 1 aliphatic carbocycles. The minimum absolute atomic E-state index is 0.149. The van der Waals surface area contributed by atoms with Crippen molar-refractivity contribution in [2.45, 2.75) is 32.1 Å². The van der Waals surface area contributed by atoms with Gasteiger partial charge in [0, 0.05) is 19.0 Å². The second kappa shape index (κ2) is 5.61. The summed E-state index contributed by atoms with van der Waals surface area (Å²) in [4.78, 5) is 8.93. The van der Waals surface area contributed by atoms with Gasteiger partial charge in [-0.05, 0) is 48.6 Å². The third-order valence-electron chi connectivity index (χ3n) is 4.48. The average molecular weight is 308 g/mol. The number of pyridine rings is 1. The van der Waals surface area contributed by atoms with Crippen molar-refractivity contribution in [2.75, 3.05) is 0 Å². The Balaban J connectivity index is 1.62. The Hall–Kier alpha value is -2.49. The van der Waals surface area contributed by atoms with Gasteiger partial charge in [0.25, 0.3) is 0 Å². The minimum Gasteiger partial charge on any atom is -0.440 e. The first-order chi connectivity index (χ1) is 11.2. The molecule has 3 aromatic rings. The fourth-order valence-electron chi connectivity index (χ4n) is 3.18. The lowest BCUT2D eigenvalue weighted by Gasteiger charge is -2.21. The maximum atomic E-state index is 13.5. The van der Waals surface area contributed by atoms with Crippen LogP contribution in [0.2, 0.25) is 0 Å². The molecule has 0 amide bonds. The number of hydrogen-bond donors (Lipinski definition) is 0. The SMILES string of the molecule is Cc1cc(C2CCc3oc(-c4ccccn4)nc3C2)ccc1F. The van der Waals surface area contributed by atoms with Crippen LogP contribution in [-0.2, 0) is 12.8 Å². The molecular weight excluding hydrogens is 291 g/mol. The standard InChI is InChI=1S/C19H17FN2O/c1-12-10-13(5-7-15(12)20)14-6-8-18-17(11-14)22-19(23-18)16-4-2-3-9-21-16/h2-5,7,9-10,14H,6,8,11H2,1H3. The number of aromatic nitrogens is 2. The number of oxazole rings is 1. The highest BCUT2D eigenvalue weighted by Crippen LogP contribution is 2.34. The van der Waals surface area contributed by atoms with Crippen molar-refractivity contribution in [3.8, 4) is 11.6 Å². The van der Waals surface area contributed by atoms with Gasteiger partial charge in [0.2, 0.25) is 5.89 Å². The molecule has 1 atom stereocenters. The van der Waals surface area contributed by atoms with Crippen molar-refractivity contribution >= 4 is 0 Å². The van der Waals surface area contributed by atoms with Crippen molar-refractivity contribution in [1.29, 1.82) is 0 Å². The van der Waals surface area contributed by atoms with E-state index in [0.717, 1.165) is 36.4 Å². The Kier molecular flexibility index (Phi) is 3.45. The molecule has 116 valence electrons. The molecule has 0 aliphatic heterocycles. The van der Waals surface area contributed by atoms with Gasteiger partial charge >= 0.3 is 0 Å². The van der Waals surface area contributed by atoms with E-state index >= 15 is 0 Å². The van der Waals surface area contributed by atoms with Crippen LogP contribution in [-0.4, -0.2) is 9.97 Å². The zero-order valence-corrected chi connectivity index (χ0v) is 12.9. The smallest absolute Gasteiger partial charge is 0.245 e. The summed E-state index contributed by atoms with van der Waals surface area (Å²) in [6.45, 7) is 1.81. The lowest BCUT2D eigenvalue weighted by molar-refractivity contribution is 0.463. The summed E-state index contributed by atoms with van der Waals surface area (Å²) in [6, 6.07) is 11.1. The molecule has 4 heteroatoms. The summed E-state index contributed by atoms with van der Waals surface area (Å²) >= 11 is 0. The normalized spacial score (nSPS) is 17.0. The van der Waals surface area contributed by atoms with Crippen LogP contribution in [0.15, 0.2) is 47.0 Å². The number of aryl methyl sites for hydroxylation is 2. The minimum atomic E-state index is -0.149. The van der Waals surface area contributed by atoms with Gasteiger partial charge in [-0.25, -0.2) is 9.37 Å². The zero-order valence-electron chi connectivity index (χ0n) is 12.9. The maximum absolute atomic E-state index is 13.5. The highest BCUT2D eigenvalue weighted by molar-refractivity contribution is 5.47. The summed E-state index contributed by atoms with van der Waals surface area (Å²) < 4.78 is 19.3. The van der Waals surface area contributed by atoms with Gasteiger partial charge in [-0.15, -0.1) is 0 Å². The van der Waals surface area contributed by atoms with Crippen molar-refractivity contribution in [3.05, 3.63) is 71.0 Å². The van der Waals surface area contributed by atoms with Crippen LogP contribution in [0.5, 0.6) is 0 Å². The molecule has 0 bridgehead atoms. The third-order valence-corrected chi connectivity index (χ3v) is 4.48. The van der Waals surface area contributed by atoms with Crippen molar-refractivity contribution in [1.82, 2.24) is 9.97 Å². The Morgan fingerprint density at radius 2 is 2.13 bits per heavy atom. The summed E-state index contributed by atoms with van der Waals surface area (Å²) in [5, 5.41) is 0. The van der Waals surface area contributed by atoms with Crippen LogP contribution in [0.25, 0.3) is 11.6 Å². The van der Waals surface area contributed by atoms with Crippen LogP contribution in [0.3, 0.4) is 0 Å². The van der Waals surface area contributed by atoms with Gasteiger partial charge in [0.15, 0.2) is 0 Å². The Bertz CT molecular complexity index is 842. The molecule has 0 spiro atoms. The molecular formula is C19H17FN2O. The summed E-state index contributed by atoms with van der Waals surface area (Å²) in [5.41, 5.74) is 3.64. The first kappa shape index (κ1) is 14.1. The van der Waals surface area contributed by atoms with Crippen LogP contribution in [0, 0.1) is 12.7 Å². The fourth-order valence-corrected chi connectivity index (χ4v) is 3.18. The van der Waals surface area contributed by atoms with Gasteiger partial charge in [0.05, 0.1) is 5.69 Å². The molecule has 0 fully saturated rings. The van der Waals surface area contributed by atoms with E-state index in [-0.39, 0.29) is 5.82 Å². The Morgan fingerprint density at radius 1 is 1.22 bits per heavy atom. The first-order valence-electron chi connectivity index (χ1n) is 7.87. The summed E-state index contributed by atoms with van der Waals surface area (Å²) in [7, 11) is 0. The van der Waals surface area contributed by atoms with E-state index in [4.69, 9.17) is 4.42 Å². The number of benzene rings is 1. The molecule has 0 N–H and O–H groups in total. The van der Waals surface area contributed by atoms with Crippen molar-refractivity contribution in [3.63, 3.8) is 0 Å². The van der Waals surface area contributed by atoms with Crippen LogP contribution < -0.4 is 0 Å². The highest BCUT2D eigenvalue weighted by Gasteiger charge is 2.26. The Labute approximate surface area is 134 Å².